The molecule has 6 heteroatoms. The average molecular weight is 245 g/mol. The number of nitrogens with zero attached hydrogens (tertiary/aromatic N) is 3. The first-order valence-corrected chi connectivity index (χ1v) is 5.79. The van der Waals surface area contributed by atoms with E-state index in [0.717, 1.165) is 11.4 Å². The van der Waals surface area contributed by atoms with Gasteiger partial charge in [0.1, 0.15) is 17.0 Å². The molecule has 0 aliphatic heterocycles. The Kier molecular flexibility index (Phi) is 2.15. The summed E-state index contributed by atoms with van der Waals surface area (Å²) < 4.78 is 1.69. The highest BCUT2D eigenvalue weighted by Crippen LogP contribution is 2.19. The van der Waals surface area contributed by atoms with Crippen molar-refractivity contribution in [1.29, 1.82) is 0 Å². The van der Waals surface area contributed by atoms with Gasteiger partial charge in [0.15, 0.2) is 0 Å². The highest BCUT2D eigenvalue weighted by Gasteiger charge is 2.08. The molecule has 0 bridgehead atoms. The van der Waals surface area contributed by atoms with Crippen molar-refractivity contribution in [1.82, 2.24) is 14.4 Å². The maximum Gasteiger partial charge on any atom is 0.337 e. The lowest BCUT2D eigenvalue weighted by molar-refractivity contribution is 0.0696. The summed E-state index contributed by atoms with van der Waals surface area (Å²) in [5, 5.41) is 10.8. The van der Waals surface area contributed by atoms with Gasteiger partial charge in [-0.1, -0.05) is 0 Å². The van der Waals surface area contributed by atoms with Crippen LogP contribution in [0.1, 0.15) is 10.4 Å². The molecule has 84 valence electrons. The van der Waals surface area contributed by atoms with E-state index in [1.165, 1.54) is 17.4 Å². The van der Waals surface area contributed by atoms with E-state index in [4.69, 9.17) is 5.11 Å². The molecule has 0 saturated heterocycles. The topological polar surface area (TPSA) is 67.5 Å². The Morgan fingerprint density at radius 1 is 1.29 bits per heavy atom. The summed E-state index contributed by atoms with van der Waals surface area (Å²) in [7, 11) is 0. The van der Waals surface area contributed by atoms with Crippen molar-refractivity contribution in [3.8, 4) is 11.4 Å². The van der Waals surface area contributed by atoms with Crippen LogP contribution in [0, 0.1) is 0 Å². The number of hydrogen-bond donors (Lipinski definition) is 1. The number of pyridine rings is 1. The minimum absolute atomic E-state index is 0.236. The third-order valence-corrected chi connectivity index (χ3v) is 2.98. The molecule has 0 atom stereocenters. The lowest BCUT2D eigenvalue weighted by atomic mass is 10.3. The van der Waals surface area contributed by atoms with Crippen LogP contribution in [0.25, 0.3) is 17.0 Å². The van der Waals surface area contributed by atoms with Crippen LogP contribution in [0.2, 0.25) is 0 Å². The van der Waals surface area contributed by atoms with Gasteiger partial charge in [-0.05, 0) is 12.1 Å². The first kappa shape index (κ1) is 9.98. The lowest BCUT2D eigenvalue weighted by Crippen LogP contribution is -1.97. The summed E-state index contributed by atoms with van der Waals surface area (Å²) in [6, 6.07) is 3.22. The van der Waals surface area contributed by atoms with E-state index in [-0.39, 0.29) is 5.56 Å². The van der Waals surface area contributed by atoms with Gasteiger partial charge in [0.25, 0.3) is 0 Å². The molecular weight excluding hydrogens is 238 g/mol. The SMILES string of the molecule is O=C(O)c1ccc2nc(-c3cscn3)cn2c1. The summed E-state index contributed by atoms with van der Waals surface area (Å²) in [5.41, 5.74) is 4.23. The monoisotopic (exact) mass is 245 g/mol. The second kappa shape index (κ2) is 3.67. The fourth-order valence-electron chi connectivity index (χ4n) is 1.58. The zero-order valence-electron chi connectivity index (χ0n) is 8.57. The Hall–Kier alpha value is -2.21. The van der Waals surface area contributed by atoms with Crippen molar-refractivity contribution < 1.29 is 9.90 Å². The average Bonchev–Trinajstić information content (AvgIpc) is 2.96. The van der Waals surface area contributed by atoms with E-state index in [1.807, 2.05) is 5.38 Å². The van der Waals surface area contributed by atoms with Gasteiger partial charge in [-0.15, -0.1) is 11.3 Å². The molecule has 3 aromatic heterocycles. The van der Waals surface area contributed by atoms with Crippen LogP contribution in [0.4, 0.5) is 0 Å². The number of aromatic nitrogens is 3. The number of carboxylic acids is 1. The van der Waals surface area contributed by atoms with E-state index in [1.54, 1.807) is 28.4 Å². The molecule has 17 heavy (non-hydrogen) atoms. The molecule has 0 saturated carbocycles. The van der Waals surface area contributed by atoms with Crippen LogP contribution in [0.15, 0.2) is 35.4 Å². The number of rotatable bonds is 2. The van der Waals surface area contributed by atoms with Gasteiger partial charge in [-0.3, -0.25) is 0 Å². The zero-order chi connectivity index (χ0) is 11.8. The predicted molar refractivity (Wildman–Crippen MR) is 63.3 cm³/mol. The maximum atomic E-state index is 10.8. The molecule has 0 amide bonds. The summed E-state index contributed by atoms with van der Waals surface area (Å²) in [4.78, 5) is 19.4. The first-order chi connectivity index (χ1) is 8.24. The molecule has 3 aromatic rings. The number of aromatic carboxylic acids is 1. The standard InChI is InChI=1S/C11H7N3O2S/c15-11(16)7-1-2-10-13-8(4-14(10)3-7)9-5-17-6-12-9/h1-6H,(H,15,16). The van der Waals surface area contributed by atoms with Gasteiger partial charge >= 0.3 is 5.97 Å². The minimum Gasteiger partial charge on any atom is -0.478 e. The Balaban J connectivity index is 2.16. The second-order valence-electron chi connectivity index (χ2n) is 3.49. The molecule has 5 nitrogen and oxygen atoms in total. The number of imidazole rings is 1. The van der Waals surface area contributed by atoms with E-state index in [9.17, 15) is 4.79 Å². The third kappa shape index (κ3) is 1.68. The van der Waals surface area contributed by atoms with Crippen molar-refractivity contribution in [2.75, 3.05) is 0 Å². The van der Waals surface area contributed by atoms with Crippen molar-refractivity contribution in [2.24, 2.45) is 0 Å². The predicted octanol–water partition coefficient (Wildman–Crippen LogP) is 2.16. The van der Waals surface area contributed by atoms with Gasteiger partial charge in [0.2, 0.25) is 0 Å². The third-order valence-electron chi connectivity index (χ3n) is 2.39. The number of carbonyl (C=O) groups is 1. The summed E-state index contributed by atoms with van der Waals surface area (Å²) in [6.45, 7) is 0. The van der Waals surface area contributed by atoms with E-state index < -0.39 is 5.97 Å². The minimum atomic E-state index is -0.948. The molecule has 3 heterocycles. The van der Waals surface area contributed by atoms with Gasteiger partial charge in [-0.25, -0.2) is 14.8 Å². The van der Waals surface area contributed by atoms with Crippen LogP contribution in [0.5, 0.6) is 0 Å². The molecule has 0 spiro atoms. The molecule has 0 unspecified atom stereocenters. The smallest absolute Gasteiger partial charge is 0.337 e. The Morgan fingerprint density at radius 2 is 2.18 bits per heavy atom. The number of hydrogen-bond acceptors (Lipinski definition) is 4. The quantitative estimate of drug-likeness (QED) is 0.751. The van der Waals surface area contributed by atoms with Gasteiger partial charge in [0.05, 0.1) is 11.1 Å². The Bertz CT molecular complexity index is 688. The van der Waals surface area contributed by atoms with Crippen LogP contribution >= 0.6 is 11.3 Å². The molecule has 3 rings (SSSR count). The molecule has 0 aliphatic carbocycles. The molecule has 0 fully saturated rings. The first-order valence-electron chi connectivity index (χ1n) is 4.84. The van der Waals surface area contributed by atoms with E-state index >= 15 is 0 Å². The molecule has 0 radical (unpaired) electrons. The second-order valence-corrected chi connectivity index (χ2v) is 4.21. The molecule has 1 N–H and O–H groups in total. The fraction of sp³-hybridized carbons (Fsp3) is 0. The summed E-state index contributed by atoms with van der Waals surface area (Å²) in [6.07, 6.45) is 3.32. The highest BCUT2D eigenvalue weighted by atomic mass is 32.1. The van der Waals surface area contributed by atoms with E-state index in [2.05, 4.69) is 9.97 Å². The lowest BCUT2D eigenvalue weighted by Gasteiger charge is -1.95. The number of carboxylic acid groups (broad SMARTS) is 1. The largest absolute Gasteiger partial charge is 0.478 e. The number of thiazole rings is 1. The summed E-state index contributed by atoms with van der Waals surface area (Å²) >= 11 is 1.50. The van der Waals surface area contributed by atoms with Crippen LogP contribution in [0.3, 0.4) is 0 Å². The normalized spacial score (nSPS) is 10.8. The van der Waals surface area contributed by atoms with Gasteiger partial charge in [0, 0.05) is 17.8 Å². The summed E-state index contributed by atoms with van der Waals surface area (Å²) in [5.74, 6) is -0.948. The van der Waals surface area contributed by atoms with Crippen LogP contribution in [-0.4, -0.2) is 25.4 Å². The fourth-order valence-corrected chi connectivity index (χ4v) is 2.13. The van der Waals surface area contributed by atoms with Crippen molar-refractivity contribution in [2.45, 2.75) is 0 Å². The van der Waals surface area contributed by atoms with E-state index in [0.29, 0.717) is 5.65 Å². The van der Waals surface area contributed by atoms with Crippen molar-refractivity contribution in [3.63, 3.8) is 0 Å². The molecule has 0 aliphatic rings. The molecule has 0 aromatic carbocycles. The Morgan fingerprint density at radius 3 is 2.88 bits per heavy atom. The van der Waals surface area contributed by atoms with Crippen LogP contribution in [-0.2, 0) is 0 Å². The van der Waals surface area contributed by atoms with Crippen LogP contribution < -0.4 is 0 Å². The van der Waals surface area contributed by atoms with Crippen molar-refractivity contribution >= 4 is 23.0 Å². The van der Waals surface area contributed by atoms with Crippen molar-refractivity contribution in [3.05, 3.63) is 41.0 Å². The highest BCUT2D eigenvalue weighted by molar-refractivity contribution is 7.07. The Labute approximate surface area is 100 Å². The van der Waals surface area contributed by atoms with Gasteiger partial charge < -0.3 is 9.51 Å². The molecular formula is C11H7N3O2S. The maximum absolute atomic E-state index is 10.8. The number of fused-ring (bicyclic) bond motifs is 1. The zero-order valence-corrected chi connectivity index (χ0v) is 9.39. The van der Waals surface area contributed by atoms with Gasteiger partial charge in [-0.2, -0.15) is 0 Å².